The summed E-state index contributed by atoms with van der Waals surface area (Å²) in [4.78, 5) is 0. The van der Waals surface area contributed by atoms with Crippen LogP contribution in [0.15, 0.2) is 36.4 Å². The molecule has 2 rings (SSSR count). The Hall–Kier alpha value is -1.49. The molecule has 1 atom stereocenters. The SMILES string of the molecule is Cc1ccc(F)cc1C(NN)c1ccc(F)c(Cl)c1. The molecule has 0 bridgehead atoms. The van der Waals surface area contributed by atoms with Gasteiger partial charge in [-0.25, -0.2) is 14.2 Å². The number of rotatable bonds is 3. The summed E-state index contributed by atoms with van der Waals surface area (Å²) in [5.74, 6) is 4.68. The number of hydrogen-bond acceptors (Lipinski definition) is 2. The molecule has 0 saturated heterocycles. The smallest absolute Gasteiger partial charge is 0.141 e. The van der Waals surface area contributed by atoms with E-state index in [0.717, 1.165) is 5.56 Å². The molecule has 0 aliphatic carbocycles. The van der Waals surface area contributed by atoms with Gasteiger partial charge in [-0.2, -0.15) is 0 Å². The highest BCUT2D eigenvalue weighted by atomic mass is 35.5. The highest BCUT2D eigenvalue weighted by molar-refractivity contribution is 6.30. The van der Waals surface area contributed by atoms with Gasteiger partial charge in [0.15, 0.2) is 0 Å². The molecule has 19 heavy (non-hydrogen) atoms. The number of halogens is 3. The van der Waals surface area contributed by atoms with Crippen LogP contribution in [-0.4, -0.2) is 0 Å². The van der Waals surface area contributed by atoms with Crippen LogP contribution in [0.1, 0.15) is 22.7 Å². The van der Waals surface area contributed by atoms with E-state index >= 15 is 0 Å². The standard InChI is InChI=1S/C14H13ClF2N2/c1-8-2-4-10(16)7-11(8)14(19-18)9-3-5-13(17)12(15)6-9/h2-7,14,19H,18H2,1H3. The maximum atomic E-state index is 13.3. The minimum atomic E-state index is -0.503. The Morgan fingerprint density at radius 1 is 1.16 bits per heavy atom. The van der Waals surface area contributed by atoms with Crippen LogP contribution in [0.3, 0.4) is 0 Å². The van der Waals surface area contributed by atoms with Crippen molar-refractivity contribution in [2.45, 2.75) is 13.0 Å². The van der Waals surface area contributed by atoms with Crippen molar-refractivity contribution >= 4 is 11.6 Å². The molecule has 5 heteroatoms. The summed E-state index contributed by atoms with van der Waals surface area (Å²) in [6.07, 6.45) is 0. The summed E-state index contributed by atoms with van der Waals surface area (Å²) in [5, 5.41) is 0.00630. The third kappa shape index (κ3) is 2.92. The predicted octanol–water partition coefficient (Wildman–Crippen LogP) is 3.48. The first kappa shape index (κ1) is 13.9. The summed E-state index contributed by atoms with van der Waals surface area (Å²) in [6.45, 7) is 1.85. The van der Waals surface area contributed by atoms with E-state index in [9.17, 15) is 8.78 Å². The fourth-order valence-electron chi connectivity index (χ4n) is 1.98. The summed E-state index contributed by atoms with van der Waals surface area (Å²) >= 11 is 5.76. The average Bonchev–Trinajstić information content (AvgIpc) is 2.38. The minimum absolute atomic E-state index is 0.00630. The molecule has 0 radical (unpaired) electrons. The second-order valence-corrected chi connectivity index (χ2v) is 4.68. The lowest BCUT2D eigenvalue weighted by Gasteiger charge is -2.19. The fraction of sp³-hybridized carbons (Fsp3) is 0.143. The van der Waals surface area contributed by atoms with Crippen LogP contribution >= 0.6 is 11.6 Å². The van der Waals surface area contributed by atoms with E-state index in [0.29, 0.717) is 11.1 Å². The second-order valence-electron chi connectivity index (χ2n) is 4.27. The maximum Gasteiger partial charge on any atom is 0.141 e. The van der Waals surface area contributed by atoms with Gasteiger partial charge in [-0.05, 0) is 47.9 Å². The molecule has 0 aliphatic rings. The molecule has 0 amide bonds. The molecule has 0 fully saturated rings. The second kappa shape index (κ2) is 5.65. The van der Waals surface area contributed by atoms with Gasteiger partial charge in [0.05, 0.1) is 11.1 Å². The lowest BCUT2D eigenvalue weighted by molar-refractivity contribution is 0.598. The normalized spacial score (nSPS) is 12.5. The largest absolute Gasteiger partial charge is 0.271 e. The van der Waals surface area contributed by atoms with Gasteiger partial charge in [0.2, 0.25) is 0 Å². The van der Waals surface area contributed by atoms with E-state index in [1.54, 1.807) is 12.1 Å². The van der Waals surface area contributed by atoms with Crippen molar-refractivity contribution in [3.8, 4) is 0 Å². The molecule has 2 nitrogen and oxygen atoms in total. The van der Waals surface area contributed by atoms with Crippen LogP contribution in [0.4, 0.5) is 8.78 Å². The van der Waals surface area contributed by atoms with Crippen molar-refractivity contribution in [2.24, 2.45) is 5.84 Å². The van der Waals surface area contributed by atoms with Gasteiger partial charge in [0.25, 0.3) is 0 Å². The Labute approximate surface area is 115 Å². The topological polar surface area (TPSA) is 38.0 Å². The van der Waals surface area contributed by atoms with Gasteiger partial charge in [-0.1, -0.05) is 23.7 Å². The maximum absolute atomic E-state index is 13.3. The van der Waals surface area contributed by atoms with E-state index in [-0.39, 0.29) is 10.8 Å². The van der Waals surface area contributed by atoms with E-state index in [2.05, 4.69) is 5.43 Å². The first-order valence-corrected chi connectivity index (χ1v) is 6.08. The Kier molecular flexibility index (Phi) is 4.14. The minimum Gasteiger partial charge on any atom is -0.271 e. The monoisotopic (exact) mass is 282 g/mol. The molecule has 0 spiro atoms. The zero-order valence-corrected chi connectivity index (χ0v) is 11.0. The van der Waals surface area contributed by atoms with Crippen LogP contribution in [0.2, 0.25) is 5.02 Å². The van der Waals surface area contributed by atoms with Gasteiger partial charge >= 0.3 is 0 Å². The summed E-state index contributed by atoms with van der Waals surface area (Å²) < 4.78 is 26.5. The van der Waals surface area contributed by atoms with E-state index in [1.165, 1.54) is 24.3 Å². The molecule has 0 saturated carbocycles. The zero-order valence-electron chi connectivity index (χ0n) is 10.3. The molecule has 2 aromatic rings. The molecule has 2 aromatic carbocycles. The van der Waals surface area contributed by atoms with E-state index in [1.807, 2.05) is 6.92 Å². The van der Waals surface area contributed by atoms with Crippen molar-refractivity contribution < 1.29 is 8.78 Å². The lowest BCUT2D eigenvalue weighted by atomic mass is 9.95. The zero-order chi connectivity index (χ0) is 14.0. The first-order valence-electron chi connectivity index (χ1n) is 5.70. The molecule has 0 aliphatic heterocycles. The Morgan fingerprint density at radius 2 is 1.89 bits per heavy atom. The molecule has 3 N–H and O–H groups in total. The predicted molar refractivity (Wildman–Crippen MR) is 71.7 cm³/mol. The highest BCUT2D eigenvalue weighted by Gasteiger charge is 2.16. The number of hydrogen-bond donors (Lipinski definition) is 2. The molecular weight excluding hydrogens is 270 g/mol. The van der Waals surface area contributed by atoms with Gasteiger partial charge in [0.1, 0.15) is 11.6 Å². The molecule has 100 valence electrons. The first-order chi connectivity index (χ1) is 9.02. The van der Waals surface area contributed by atoms with Crippen molar-refractivity contribution in [3.05, 3.63) is 69.7 Å². The quantitative estimate of drug-likeness (QED) is 0.668. The number of benzene rings is 2. The third-order valence-corrected chi connectivity index (χ3v) is 3.29. The molecular formula is C14H13ClF2N2. The van der Waals surface area contributed by atoms with Gasteiger partial charge in [-0.3, -0.25) is 5.84 Å². The van der Waals surface area contributed by atoms with Gasteiger partial charge < -0.3 is 0 Å². The number of nitrogens with one attached hydrogen (secondary N) is 1. The number of aryl methyl sites for hydroxylation is 1. The van der Waals surface area contributed by atoms with Crippen LogP contribution in [0.25, 0.3) is 0 Å². The molecule has 0 aromatic heterocycles. The van der Waals surface area contributed by atoms with Gasteiger partial charge in [-0.15, -0.1) is 0 Å². The Bertz CT molecular complexity index is 602. The summed E-state index contributed by atoms with van der Waals surface area (Å²) in [5.41, 5.74) is 4.84. The fourth-order valence-corrected chi connectivity index (χ4v) is 2.17. The van der Waals surface area contributed by atoms with Crippen molar-refractivity contribution in [2.75, 3.05) is 0 Å². The van der Waals surface area contributed by atoms with Crippen LogP contribution < -0.4 is 11.3 Å². The molecule has 1 unspecified atom stereocenters. The Balaban J connectivity index is 2.49. The third-order valence-electron chi connectivity index (χ3n) is 3.00. The highest BCUT2D eigenvalue weighted by Crippen LogP contribution is 2.27. The molecule has 0 heterocycles. The van der Waals surface area contributed by atoms with Crippen molar-refractivity contribution in [3.63, 3.8) is 0 Å². The summed E-state index contributed by atoms with van der Waals surface area (Å²) in [6, 6.07) is 8.30. The van der Waals surface area contributed by atoms with Gasteiger partial charge in [0, 0.05) is 0 Å². The lowest BCUT2D eigenvalue weighted by Crippen LogP contribution is -2.29. The van der Waals surface area contributed by atoms with Crippen LogP contribution in [0.5, 0.6) is 0 Å². The summed E-state index contributed by atoms with van der Waals surface area (Å²) in [7, 11) is 0. The number of hydrazine groups is 1. The Morgan fingerprint density at radius 3 is 2.53 bits per heavy atom. The van der Waals surface area contributed by atoms with Crippen LogP contribution in [0, 0.1) is 18.6 Å². The van der Waals surface area contributed by atoms with E-state index in [4.69, 9.17) is 17.4 Å². The van der Waals surface area contributed by atoms with E-state index < -0.39 is 11.9 Å². The van der Waals surface area contributed by atoms with Crippen molar-refractivity contribution in [1.82, 2.24) is 5.43 Å². The van der Waals surface area contributed by atoms with Crippen LogP contribution in [-0.2, 0) is 0 Å². The average molecular weight is 283 g/mol. The van der Waals surface area contributed by atoms with Crippen molar-refractivity contribution in [1.29, 1.82) is 0 Å². The number of nitrogens with two attached hydrogens (primary N) is 1.